The number of likely N-dealkylation sites (N-methyl/N-ethyl adjacent to an activating group) is 1. The second-order valence-electron chi connectivity index (χ2n) is 7.08. The summed E-state index contributed by atoms with van der Waals surface area (Å²) in [4.78, 5) is 2.27. The van der Waals surface area contributed by atoms with Gasteiger partial charge in [-0.3, -0.25) is 0 Å². The number of fused-ring (bicyclic) bond motifs is 4. The Bertz CT molecular complexity index is 584. The van der Waals surface area contributed by atoms with Crippen LogP contribution in [0.4, 0.5) is 0 Å². The molecule has 1 aliphatic carbocycles. The largest absolute Gasteiger partial charge is 0.504 e. The number of hydrogen-bond acceptors (Lipinski definition) is 4. The Morgan fingerprint density at radius 2 is 2.14 bits per heavy atom. The van der Waals surface area contributed by atoms with Crippen LogP contribution in [0.5, 0.6) is 11.5 Å². The lowest BCUT2D eigenvalue weighted by molar-refractivity contribution is -0.131. The number of methoxy groups -OCH3 is 1. The van der Waals surface area contributed by atoms with Crippen LogP contribution in [-0.4, -0.2) is 47.5 Å². The Morgan fingerprint density at radius 3 is 2.77 bits per heavy atom. The van der Waals surface area contributed by atoms with E-state index in [2.05, 4.69) is 18.9 Å². The van der Waals surface area contributed by atoms with Gasteiger partial charge in [-0.15, -0.1) is 0 Å². The van der Waals surface area contributed by atoms with Gasteiger partial charge in [-0.1, -0.05) is 19.4 Å². The van der Waals surface area contributed by atoms with Gasteiger partial charge >= 0.3 is 0 Å². The summed E-state index contributed by atoms with van der Waals surface area (Å²) in [7, 11) is 3.70. The fourth-order valence-corrected chi connectivity index (χ4v) is 4.91. The first kappa shape index (κ1) is 15.6. The maximum Gasteiger partial charge on any atom is 0.164 e. The van der Waals surface area contributed by atoms with Crippen molar-refractivity contribution in [1.29, 1.82) is 0 Å². The highest BCUT2D eigenvalue weighted by atomic mass is 16.5. The zero-order chi connectivity index (χ0) is 16.1. The highest BCUT2D eigenvalue weighted by Gasteiger charge is 2.60. The first-order chi connectivity index (χ1) is 10.4. The quantitative estimate of drug-likeness (QED) is 0.900. The number of ether oxygens (including phenoxy) is 1. The maximum absolute atomic E-state index is 11.5. The summed E-state index contributed by atoms with van der Waals surface area (Å²) in [5.41, 5.74) is 1.05. The first-order valence-corrected chi connectivity index (χ1v) is 8.21. The Labute approximate surface area is 132 Å². The minimum Gasteiger partial charge on any atom is -0.504 e. The van der Waals surface area contributed by atoms with Gasteiger partial charge in [0, 0.05) is 17.0 Å². The monoisotopic (exact) mass is 305 g/mol. The van der Waals surface area contributed by atoms with Gasteiger partial charge in [-0.25, -0.2) is 0 Å². The molecule has 0 spiro atoms. The van der Waals surface area contributed by atoms with Gasteiger partial charge in [0.15, 0.2) is 11.5 Å². The van der Waals surface area contributed by atoms with Gasteiger partial charge < -0.3 is 19.8 Å². The molecule has 1 aromatic rings. The Kier molecular flexibility index (Phi) is 3.65. The van der Waals surface area contributed by atoms with Crippen LogP contribution in [0.15, 0.2) is 12.1 Å². The molecule has 4 heteroatoms. The van der Waals surface area contributed by atoms with E-state index in [4.69, 9.17) is 4.74 Å². The predicted molar refractivity (Wildman–Crippen MR) is 86.6 cm³/mol. The number of rotatable bonds is 3. The first-order valence-electron chi connectivity index (χ1n) is 8.21. The summed E-state index contributed by atoms with van der Waals surface area (Å²) in [5, 5.41) is 21.7. The molecule has 0 radical (unpaired) electrons. The van der Waals surface area contributed by atoms with E-state index in [-0.39, 0.29) is 17.2 Å². The molecule has 122 valence electrons. The van der Waals surface area contributed by atoms with E-state index in [9.17, 15) is 10.2 Å². The summed E-state index contributed by atoms with van der Waals surface area (Å²) < 4.78 is 5.55. The number of hydrogen-bond donors (Lipinski definition) is 2. The predicted octanol–water partition coefficient (Wildman–Crippen LogP) is 2.45. The number of nitrogens with zero attached hydrogens (tertiary/aromatic N) is 1. The van der Waals surface area contributed by atoms with E-state index in [0.29, 0.717) is 5.75 Å². The van der Waals surface area contributed by atoms with Crippen LogP contribution in [0.1, 0.15) is 44.2 Å². The van der Waals surface area contributed by atoms with Crippen molar-refractivity contribution >= 4 is 0 Å². The molecule has 2 bridgehead atoms. The second kappa shape index (κ2) is 5.14. The molecular weight excluding hydrogens is 278 g/mol. The highest BCUT2D eigenvalue weighted by molar-refractivity contribution is 5.57. The lowest BCUT2D eigenvalue weighted by Crippen LogP contribution is -2.69. The standard InChI is InChI=1S/C18H27NO3/c1-5-8-18-9-10-19(3)14(17(18,2)21)11-12-6-7-13(20)16(22-4)15(12)18/h6-7,14,20-21H,5,8-11H2,1-4H3/t14?,17?,18-/m0/s1. The van der Waals surface area contributed by atoms with Crippen LogP contribution in [-0.2, 0) is 11.8 Å². The van der Waals surface area contributed by atoms with E-state index < -0.39 is 5.60 Å². The molecule has 4 nitrogen and oxygen atoms in total. The van der Waals surface area contributed by atoms with Crippen LogP contribution in [0.3, 0.4) is 0 Å². The molecule has 2 N–H and O–H groups in total. The fraction of sp³-hybridized carbons (Fsp3) is 0.667. The number of phenolic OH excluding ortho intramolecular Hbond substituents is 1. The van der Waals surface area contributed by atoms with Gasteiger partial charge in [0.05, 0.1) is 12.7 Å². The van der Waals surface area contributed by atoms with Crippen LogP contribution in [0, 0.1) is 0 Å². The van der Waals surface area contributed by atoms with Crippen molar-refractivity contribution in [2.75, 3.05) is 20.7 Å². The number of aliphatic hydroxyl groups is 1. The van der Waals surface area contributed by atoms with Gasteiger partial charge in [-0.2, -0.15) is 0 Å². The van der Waals surface area contributed by atoms with Gasteiger partial charge in [0.25, 0.3) is 0 Å². The molecule has 1 heterocycles. The van der Waals surface area contributed by atoms with Crippen molar-refractivity contribution in [3.63, 3.8) is 0 Å². The van der Waals surface area contributed by atoms with E-state index in [1.54, 1.807) is 13.2 Å². The van der Waals surface area contributed by atoms with Crippen molar-refractivity contribution in [2.24, 2.45) is 0 Å². The summed E-state index contributed by atoms with van der Waals surface area (Å²) in [6.07, 6.45) is 3.57. The van der Waals surface area contributed by atoms with Crippen molar-refractivity contribution in [2.45, 2.75) is 56.6 Å². The minimum atomic E-state index is -0.829. The number of aromatic hydroxyl groups is 1. The van der Waals surface area contributed by atoms with Crippen molar-refractivity contribution < 1.29 is 14.9 Å². The van der Waals surface area contributed by atoms with Crippen molar-refractivity contribution in [3.05, 3.63) is 23.3 Å². The zero-order valence-corrected chi connectivity index (χ0v) is 14.0. The molecular formula is C18H27NO3. The number of piperidine rings is 1. The Hall–Kier alpha value is -1.26. The summed E-state index contributed by atoms with van der Waals surface area (Å²) in [6.45, 7) is 5.08. The zero-order valence-electron chi connectivity index (χ0n) is 14.0. The molecule has 0 aromatic heterocycles. The number of benzene rings is 1. The normalized spacial score (nSPS) is 34.3. The van der Waals surface area contributed by atoms with Crippen LogP contribution < -0.4 is 4.74 Å². The van der Waals surface area contributed by atoms with E-state index in [0.717, 1.165) is 37.8 Å². The summed E-state index contributed by atoms with van der Waals surface area (Å²) >= 11 is 0. The lowest BCUT2D eigenvalue weighted by Gasteiger charge is -2.60. The minimum absolute atomic E-state index is 0.106. The van der Waals surface area contributed by atoms with Crippen LogP contribution in [0.2, 0.25) is 0 Å². The molecule has 1 saturated heterocycles. The molecule has 1 fully saturated rings. The molecule has 3 rings (SSSR count). The molecule has 2 aliphatic rings. The third-order valence-corrected chi connectivity index (χ3v) is 6.04. The third-order valence-electron chi connectivity index (χ3n) is 6.04. The Balaban J connectivity index is 2.30. The van der Waals surface area contributed by atoms with Crippen LogP contribution >= 0.6 is 0 Å². The fourth-order valence-electron chi connectivity index (χ4n) is 4.91. The van der Waals surface area contributed by atoms with Gasteiger partial charge in [0.1, 0.15) is 0 Å². The highest BCUT2D eigenvalue weighted by Crippen LogP contribution is 2.57. The molecule has 0 amide bonds. The average Bonchev–Trinajstić information content (AvgIpc) is 2.46. The maximum atomic E-state index is 11.5. The van der Waals surface area contributed by atoms with Gasteiger partial charge in [-0.05, 0) is 51.4 Å². The SMILES string of the molecule is CCC[C@]12CCN(C)C(Cc3ccc(O)c(OC)c31)C2(C)O. The topological polar surface area (TPSA) is 52.9 Å². The smallest absolute Gasteiger partial charge is 0.164 e. The third kappa shape index (κ3) is 1.83. The van der Waals surface area contributed by atoms with Gasteiger partial charge in [0.2, 0.25) is 0 Å². The molecule has 1 aliphatic heterocycles. The van der Waals surface area contributed by atoms with E-state index in [1.165, 1.54) is 5.56 Å². The summed E-state index contributed by atoms with van der Waals surface area (Å²) in [5.74, 6) is 0.721. The lowest BCUT2D eigenvalue weighted by atomic mass is 9.53. The molecule has 1 aromatic carbocycles. The Morgan fingerprint density at radius 1 is 1.41 bits per heavy atom. The number of phenols is 1. The van der Waals surface area contributed by atoms with Crippen LogP contribution in [0.25, 0.3) is 0 Å². The second-order valence-corrected chi connectivity index (χ2v) is 7.08. The average molecular weight is 305 g/mol. The van der Waals surface area contributed by atoms with Crippen molar-refractivity contribution in [1.82, 2.24) is 4.90 Å². The number of likely N-dealkylation sites (tertiary alicyclic amines) is 1. The molecule has 3 atom stereocenters. The van der Waals surface area contributed by atoms with E-state index in [1.807, 2.05) is 13.0 Å². The van der Waals surface area contributed by atoms with E-state index >= 15 is 0 Å². The molecule has 0 saturated carbocycles. The van der Waals surface area contributed by atoms with Crippen molar-refractivity contribution in [3.8, 4) is 11.5 Å². The summed E-state index contributed by atoms with van der Waals surface area (Å²) in [6, 6.07) is 3.82. The molecule has 22 heavy (non-hydrogen) atoms. The molecule has 2 unspecified atom stereocenters.